The zero-order valence-corrected chi connectivity index (χ0v) is 18.5. The number of carbonyl (C=O) groups excluding carboxylic acids is 1. The van der Waals surface area contributed by atoms with Crippen molar-refractivity contribution in [2.45, 2.75) is 49.0 Å². The quantitative estimate of drug-likeness (QED) is 0.519. The Morgan fingerprint density at radius 3 is 2.72 bits per heavy atom. The first kappa shape index (κ1) is 24.1. The highest BCUT2D eigenvalue weighted by Crippen LogP contribution is 2.26. The van der Waals surface area contributed by atoms with Gasteiger partial charge in [0, 0.05) is 6.54 Å². The maximum atomic E-state index is 13.2. The van der Waals surface area contributed by atoms with Gasteiger partial charge in [-0.15, -0.1) is 0 Å². The summed E-state index contributed by atoms with van der Waals surface area (Å²) in [6.07, 6.45) is -0.386. The molecule has 0 aliphatic carbocycles. The van der Waals surface area contributed by atoms with Gasteiger partial charge in [0.1, 0.15) is 16.5 Å². The van der Waals surface area contributed by atoms with Crippen LogP contribution in [0.15, 0.2) is 53.4 Å². The van der Waals surface area contributed by atoms with Gasteiger partial charge >= 0.3 is 0 Å². The maximum Gasteiger partial charge on any atom is 0.244 e. The van der Waals surface area contributed by atoms with E-state index in [1.54, 1.807) is 30.3 Å². The van der Waals surface area contributed by atoms with Crippen molar-refractivity contribution in [1.82, 2.24) is 10.0 Å². The van der Waals surface area contributed by atoms with E-state index in [9.17, 15) is 22.7 Å². The molecule has 0 spiro atoms. The molecule has 2 aromatic rings. The predicted molar refractivity (Wildman–Crippen MR) is 115 cm³/mol. The zero-order valence-electron chi connectivity index (χ0n) is 17.7. The van der Waals surface area contributed by atoms with Crippen molar-refractivity contribution in [2.24, 2.45) is 0 Å². The molecule has 174 valence electrons. The Morgan fingerprint density at radius 2 is 2.00 bits per heavy atom. The summed E-state index contributed by atoms with van der Waals surface area (Å²) in [6.45, 7) is -0.214. The average molecular weight is 467 g/mol. The van der Waals surface area contributed by atoms with Crippen LogP contribution in [0.4, 0.5) is 4.39 Å². The third kappa shape index (κ3) is 6.26. The highest BCUT2D eigenvalue weighted by Gasteiger charge is 2.35. The van der Waals surface area contributed by atoms with Crippen LogP contribution in [0, 0.1) is 5.82 Å². The Bertz CT molecular complexity index is 1030. The zero-order chi connectivity index (χ0) is 23.1. The number of benzene rings is 2. The third-order valence-electron chi connectivity index (χ3n) is 5.25. The highest BCUT2D eigenvalue weighted by atomic mass is 32.2. The molecular formula is C22H27FN2O6S. The molecule has 10 heteroatoms. The molecule has 3 rings (SSSR count). The number of nitrogens with one attached hydrogen (secondary N) is 2. The standard InChI is InChI=1S/C22H27FN2O6S/c1-30-19-7-2-3-8-21(19)32(28,29)25-18-10-9-17(31-20(18)14-26)12-22(27)24-13-15-5-4-6-16(23)11-15/h2-8,11,17-18,20,25-26H,9-10,12-14H2,1H3,(H,24,27)/t17-,18-,20-/m0/s1. The summed E-state index contributed by atoms with van der Waals surface area (Å²) in [5.41, 5.74) is 0.641. The fourth-order valence-corrected chi connectivity index (χ4v) is 5.12. The van der Waals surface area contributed by atoms with Gasteiger partial charge in [-0.05, 0) is 42.7 Å². The summed E-state index contributed by atoms with van der Waals surface area (Å²) in [5.74, 6) is -0.436. The van der Waals surface area contributed by atoms with Crippen molar-refractivity contribution in [3.8, 4) is 5.75 Å². The number of amides is 1. The van der Waals surface area contributed by atoms with Crippen LogP contribution in [0.25, 0.3) is 0 Å². The van der Waals surface area contributed by atoms with Crippen molar-refractivity contribution in [2.75, 3.05) is 13.7 Å². The SMILES string of the molecule is COc1ccccc1S(=O)(=O)N[C@H]1CC[C@@H](CC(=O)NCc2cccc(F)c2)O[C@H]1CO. The minimum atomic E-state index is -3.91. The smallest absolute Gasteiger partial charge is 0.244 e. The van der Waals surface area contributed by atoms with E-state index >= 15 is 0 Å². The van der Waals surface area contributed by atoms with Gasteiger partial charge in [0.15, 0.2) is 0 Å². The van der Waals surface area contributed by atoms with Gasteiger partial charge in [-0.3, -0.25) is 4.79 Å². The summed E-state index contributed by atoms with van der Waals surface area (Å²) in [7, 11) is -2.52. The lowest BCUT2D eigenvalue weighted by molar-refractivity contribution is -0.130. The van der Waals surface area contributed by atoms with Crippen LogP contribution in [0.5, 0.6) is 5.75 Å². The summed E-state index contributed by atoms with van der Waals surface area (Å²) >= 11 is 0. The van der Waals surface area contributed by atoms with Crippen molar-refractivity contribution >= 4 is 15.9 Å². The minimum Gasteiger partial charge on any atom is -0.495 e. The van der Waals surface area contributed by atoms with Gasteiger partial charge in [-0.2, -0.15) is 0 Å². The number of sulfonamides is 1. The number of para-hydroxylation sites is 1. The second-order valence-electron chi connectivity index (χ2n) is 7.55. The Morgan fingerprint density at radius 1 is 1.22 bits per heavy atom. The first-order valence-electron chi connectivity index (χ1n) is 10.2. The summed E-state index contributed by atoms with van der Waals surface area (Å²) in [4.78, 5) is 12.3. The number of hydrogen-bond acceptors (Lipinski definition) is 6. The van der Waals surface area contributed by atoms with E-state index in [0.29, 0.717) is 18.4 Å². The summed E-state index contributed by atoms with van der Waals surface area (Å²) < 4.78 is 52.4. The van der Waals surface area contributed by atoms with E-state index in [4.69, 9.17) is 9.47 Å². The van der Waals surface area contributed by atoms with Crippen LogP contribution in [0.3, 0.4) is 0 Å². The summed E-state index contributed by atoms with van der Waals surface area (Å²) in [5, 5.41) is 12.5. The summed E-state index contributed by atoms with van der Waals surface area (Å²) in [6, 6.07) is 11.5. The van der Waals surface area contributed by atoms with Gasteiger partial charge < -0.3 is 19.9 Å². The Kier molecular flexibility index (Phi) is 8.19. The predicted octanol–water partition coefficient (Wildman–Crippen LogP) is 1.73. The fourth-order valence-electron chi connectivity index (χ4n) is 3.65. The average Bonchev–Trinajstić information content (AvgIpc) is 2.78. The van der Waals surface area contributed by atoms with E-state index in [2.05, 4.69) is 10.0 Å². The number of carbonyl (C=O) groups is 1. The first-order valence-corrected chi connectivity index (χ1v) is 11.7. The van der Waals surface area contributed by atoms with Gasteiger partial charge in [0.05, 0.1) is 38.4 Å². The van der Waals surface area contributed by atoms with Crippen LogP contribution in [0.2, 0.25) is 0 Å². The molecule has 0 radical (unpaired) electrons. The van der Waals surface area contributed by atoms with Crippen molar-refractivity contribution in [1.29, 1.82) is 0 Å². The van der Waals surface area contributed by atoms with Crippen LogP contribution < -0.4 is 14.8 Å². The van der Waals surface area contributed by atoms with Gasteiger partial charge in [0.2, 0.25) is 15.9 Å². The van der Waals surface area contributed by atoms with E-state index < -0.39 is 34.9 Å². The number of aliphatic hydroxyl groups is 1. The molecular weight excluding hydrogens is 439 g/mol. The van der Waals surface area contributed by atoms with Crippen molar-refractivity contribution in [3.05, 3.63) is 59.9 Å². The second kappa shape index (κ2) is 10.9. The number of methoxy groups -OCH3 is 1. The molecule has 1 aliphatic rings. The fraction of sp³-hybridized carbons (Fsp3) is 0.409. The van der Waals surface area contributed by atoms with E-state index in [1.807, 2.05) is 0 Å². The van der Waals surface area contributed by atoms with E-state index in [1.165, 1.54) is 25.3 Å². The molecule has 0 saturated carbocycles. The van der Waals surface area contributed by atoms with E-state index in [0.717, 1.165) is 0 Å². The lowest BCUT2D eigenvalue weighted by Gasteiger charge is -2.35. The molecule has 1 aliphatic heterocycles. The molecule has 3 atom stereocenters. The number of aliphatic hydroxyl groups excluding tert-OH is 1. The number of ether oxygens (including phenoxy) is 2. The number of rotatable bonds is 9. The van der Waals surface area contributed by atoms with Crippen molar-refractivity contribution in [3.63, 3.8) is 0 Å². The monoisotopic (exact) mass is 466 g/mol. The molecule has 0 aromatic heterocycles. The largest absolute Gasteiger partial charge is 0.495 e. The molecule has 0 unspecified atom stereocenters. The molecule has 0 bridgehead atoms. The van der Waals surface area contributed by atoms with Gasteiger partial charge in [-0.1, -0.05) is 24.3 Å². The lowest BCUT2D eigenvalue weighted by Crippen LogP contribution is -2.51. The minimum absolute atomic E-state index is 0.00182. The molecule has 1 fully saturated rings. The number of halogens is 1. The van der Waals surface area contributed by atoms with E-state index in [-0.39, 0.29) is 35.3 Å². The van der Waals surface area contributed by atoms with Gasteiger partial charge in [0.25, 0.3) is 0 Å². The second-order valence-corrected chi connectivity index (χ2v) is 9.23. The molecule has 3 N–H and O–H groups in total. The normalized spacial score (nSPS) is 21.2. The molecule has 2 aromatic carbocycles. The molecule has 1 heterocycles. The Labute approximate surface area is 186 Å². The van der Waals surface area contributed by atoms with Crippen molar-refractivity contribution < 1.29 is 32.2 Å². The number of hydrogen-bond donors (Lipinski definition) is 3. The highest BCUT2D eigenvalue weighted by molar-refractivity contribution is 7.89. The lowest BCUT2D eigenvalue weighted by atomic mass is 9.98. The van der Waals surface area contributed by atoms with Gasteiger partial charge in [-0.25, -0.2) is 17.5 Å². The molecule has 1 amide bonds. The first-order chi connectivity index (χ1) is 15.3. The van der Waals surface area contributed by atoms with Crippen LogP contribution in [0.1, 0.15) is 24.8 Å². The third-order valence-corrected chi connectivity index (χ3v) is 6.78. The van der Waals surface area contributed by atoms with Crippen LogP contribution >= 0.6 is 0 Å². The Hall–Kier alpha value is -2.53. The van der Waals surface area contributed by atoms with Crippen LogP contribution in [-0.4, -0.2) is 51.4 Å². The molecule has 1 saturated heterocycles. The Balaban J connectivity index is 1.55. The topological polar surface area (TPSA) is 114 Å². The molecule has 32 heavy (non-hydrogen) atoms. The maximum absolute atomic E-state index is 13.2. The van der Waals surface area contributed by atoms with Crippen LogP contribution in [-0.2, 0) is 26.1 Å². The molecule has 8 nitrogen and oxygen atoms in total.